The highest BCUT2D eigenvalue weighted by Crippen LogP contribution is 2.29. The zero-order valence-electron chi connectivity index (χ0n) is 8.60. The van der Waals surface area contributed by atoms with Crippen LogP contribution in [0.1, 0.15) is 12.6 Å². The number of nitrogens with zero attached hydrogens (tertiary/aromatic N) is 2. The number of ether oxygens (including phenoxy) is 1. The second kappa shape index (κ2) is 5.18. The van der Waals surface area contributed by atoms with Crippen LogP contribution in [0.4, 0.5) is 0 Å². The van der Waals surface area contributed by atoms with Crippen molar-refractivity contribution in [1.29, 1.82) is 0 Å². The van der Waals surface area contributed by atoms with Crippen molar-refractivity contribution >= 4 is 28.6 Å². The van der Waals surface area contributed by atoms with E-state index in [1.165, 1.54) is 22.7 Å². The number of thiazole rings is 2. The van der Waals surface area contributed by atoms with E-state index < -0.39 is 0 Å². The van der Waals surface area contributed by atoms with Gasteiger partial charge < -0.3 is 4.74 Å². The molecule has 4 nitrogen and oxygen atoms in total. The fraction of sp³-hybridized carbons (Fsp3) is 0.300. The summed E-state index contributed by atoms with van der Waals surface area (Å²) in [5.74, 6) is -0.264. The fourth-order valence-electron chi connectivity index (χ4n) is 1.20. The third kappa shape index (κ3) is 2.45. The Balaban J connectivity index is 2.17. The first-order valence-corrected chi connectivity index (χ1v) is 6.42. The first-order chi connectivity index (χ1) is 7.81. The first-order valence-electron chi connectivity index (χ1n) is 4.72. The molecule has 2 heterocycles. The van der Waals surface area contributed by atoms with E-state index >= 15 is 0 Å². The summed E-state index contributed by atoms with van der Waals surface area (Å²) in [5, 5.41) is 2.77. The summed E-state index contributed by atoms with van der Waals surface area (Å²) < 4.78 is 4.88. The second-order valence-electron chi connectivity index (χ2n) is 2.90. The van der Waals surface area contributed by atoms with Crippen molar-refractivity contribution in [2.75, 3.05) is 6.61 Å². The lowest BCUT2D eigenvalue weighted by molar-refractivity contribution is -0.142. The van der Waals surface area contributed by atoms with Crippen molar-refractivity contribution in [3.8, 4) is 9.88 Å². The molecule has 16 heavy (non-hydrogen) atoms. The first kappa shape index (κ1) is 11.2. The highest BCUT2D eigenvalue weighted by atomic mass is 32.1. The van der Waals surface area contributed by atoms with E-state index in [1.807, 2.05) is 5.38 Å². The lowest BCUT2D eigenvalue weighted by Gasteiger charge is -2.00. The Labute approximate surface area is 101 Å². The van der Waals surface area contributed by atoms with Gasteiger partial charge in [0, 0.05) is 11.6 Å². The van der Waals surface area contributed by atoms with E-state index in [9.17, 15) is 4.79 Å². The van der Waals surface area contributed by atoms with Gasteiger partial charge >= 0.3 is 5.97 Å². The Hall–Kier alpha value is -1.27. The van der Waals surface area contributed by atoms with Crippen LogP contribution in [0, 0.1) is 5.51 Å². The predicted octanol–water partition coefficient (Wildman–Crippen LogP) is 2.17. The van der Waals surface area contributed by atoms with Gasteiger partial charge in [-0.2, -0.15) is 0 Å². The SMILES string of the molecule is CCOC(=O)Cc1n[c]sc1-c1nccs1. The van der Waals surface area contributed by atoms with Crippen LogP contribution in [0.15, 0.2) is 11.6 Å². The molecule has 0 fully saturated rings. The van der Waals surface area contributed by atoms with Crippen LogP contribution < -0.4 is 0 Å². The molecule has 6 heteroatoms. The van der Waals surface area contributed by atoms with E-state index in [-0.39, 0.29) is 12.4 Å². The standard InChI is InChI=1S/C10H9N2O2S2/c1-2-14-8(13)5-7-9(16-6-12-7)10-11-3-4-15-10/h3-4H,2,5H2,1H3. The van der Waals surface area contributed by atoms with Crippen LogP contribution in [0.25, 0.3) is 9.88 Å². The highest BCUT2D eigenvalue weighted by Gasteiger charge is 2.15. The van der Waals surface area contributed by atoms with Crippen molar-refractivity contribution in [2.24, 2.45) is 0 Å². The van der Waals surface area contributed by atoms with Gasteiger partial charge in [-0.15, -0.1) is 22.7 Å². The average molecular weight is 253 g/mol. The molecule has 2 rings (SSSR count). The predicted molar refractivity (Wildman–Crippen MR) is 62.4 cm³/mol. The van der Waals surface area contributed by atoms with Crippen molar-refractivity contribution < 1.29 is 9.53 Å². The summed E-state index contributed by atoms with van der Waals surface area (Å²) in [6.45, 7) is 2.17. The van der Waals surface area contributed by atoms with E-state index in [0.717, 1.165) is 9.88 Å². The van der Waals surface area contributed by atoms with Crippen LogP contribution in [-0.2, 0) is 16.0 Å². The summed E-state index contributed by atoms with van der Waals surface area (Å²) in [4.78, 5) is 20.5. The zero-order valence-corrected chi connectivity index (χ0v) is 10.2. The smallest absolute Gasteiger partial charge is 0.311 e. The number of esters is 1. The largest absolute Gasteiger partial charge is 0.466 e. The zero-order chi connectivity index (χ0) is 11.4. The molecular weight excluding hydrogens is 244 g/mol. The van der Waals surface area contributed by atoms with Crippen molar-refractivity contribution in [3.05, 3.63) is 22.8 Å². The molecular formula is C10H9N2O2S2. The summed E-state index contributed by atoms with van der Waals surface area (Å²) in [5.41, 5.74) is 3.48. The maximum atomic E-state index is 11.3. The quantitative estimate of drug-likeness (QED) is 0.784. The summed E-state index contributed by atoms with van der Waals surface area (Å²) in [6.07, 6.45) is 1.91. The minimum atomic E-state index is -0.264. The van der Waals surface area contributed by atoms with Crippen molar-refractivity contribution in [1.82, 2.24) is 9.97 Å². The van der Waals surface area contributed by atoms with Crippen molar-refractivity contribution in [3.63, 3.8) is 0 Å². The van der Waals surface area contributed by atoms with Gasteiger partial charge in [0.25, 0.3) is 0 Å². The molecule has 0 spiro atoms. The number of carbonyl (C=O) groups excluding carboxylic acids is 1. The van der Waals surface area contributed by atoms with E-state index in [2.05, 4.69) is 15.5 Å². The minimum Gasteiger partial charge on any atom is -0.466 e. The van der Waals surface area contributed by atoms with Crippen LogP contribution in [-0.4, -0.2) is 22.5 Å². The molecule has 0 N–H and O–H groups in total. The number of rotatable bonds is 4. The molecule has 2 aromatic heterocycles. The molecule has 0 saturated heterocycles. The van der Waals surface area contributed by atoms with Crippen molar-refractivity contribution in [2.45, 2.75) is 13.3 Å². The van der Waals surface area contributed by atoms with E-state index in [1.54, 1.807) is 13.1 Å². The lowest BCUT2D eigenvalue weighted by Crippen LogP contribution is -2.08. The molecule has 0 amide bonds. The molecule has 0 aliphatic carbocycles. The number of hydrogen-bond acceptors (Lipinski definition) is 6. The Morgan fingerprint density at radius 3 is 3.19 bits per heavy atom. The third-order valence-corrected chi connectivity index (χ3v) is 3.57. The fourth-order valence-corrected chi connectivity index (χ4v) is 2.69. The summed E-state index contributed by atoms with van der Waals surface area (Å²) in [7, 11) is 0. The highest BCUT2D eigenvalue weighted by molar-refractivity contribution is 7.19. The molecule has 0 bridgehead atoms. The lowest BCUT2D eigenvalue weighted by atomic mass is 10.3. The van der Waals surface area contributed by atoms with Gasteiger partial charge in [-0.25, -0.2) is 9.97 Å². The Morgan fingerprint density at radius 2 is 2.50 bits per heavy atom. The molecule has 1 radical (unpaired) electrons. The van der Waals surface area contributed by atoms with Gasteiger partial charge in [-0.1, -0.05) is 0 Å². The molecule has 0 saturated carbocycles. The number of carbonyl (C=O) groups is 1. The Bertz CT molecular complexity index is 465. The number of aromatic nitrogens is 2. The summed E-state index contributed by atoms with van der Waals surface area (Å²) in [6, 6.07) is 0. The third-order valence-electron chi connectivity index (χ3n) is 1.83. The molecule has 83 valence electrons. The average Bonchev–Trinajstić information content (AvgIpc) is 2.86. The molecule has 0 aliphatic rings. The maximum Gasteiger partial charge on any atom is 0.311 e. The van der Waals surface area contributed by atoms with Gasteiger partial charge in [0.15, 0.2) is 5.51 Å². The normalized spacial score (nSPS) is 10.3. The monoisotopic (exact) mass is 253 g/mol. The van der Waals surface area contributed by atoms with Crippen LogP contribution in [0.2, 0.25) is 0 Å². The van der Waals surface area contributed by atoms with Gasteiger partial charge in [0.2, 0.25) is 0 Å². The van der Waals surface area contributed by atoms with Crippen LogP contribution in [0.5, 0.6) is 0 Å². The topological polar surface area (TPSA) is 52.1 Å². The van der Waals surface area contributed by atoms with E-state index in [0.29, 0.717) is 12.3 Å². The molecule has 0 unspecified atom stereocenters. The molecule has 0 aromatic carbocycles. The van der Waals surface area contributed by atoms with Gasteiger partial charge in [0.05, 0.1) is 23.6 Å². The molecule has 2 aromatic rings. The second-order valence-corrected chi connectivity index (χ2v) is 4.59. The molecule has 0 atom stereocenters. The minimum absolute atomic E-state index is 0.183. The van der Waals surface area contributed by atoms with Gasteiger partial charge in [-0.3, -0.25) is 4.79 Å². The molecule has 0 aliphatic heterocycles. The Kier molecular flexibility index (Phi) is 3.63. The van der Waals surface area contributed by atoms with E-state index in [4.69, 9.17) is 4.74 Å². The maximum absolute atomic E-state index is 11.3. The van der Waals surface area contributed by atoms with Crippen LogP contribution in [0.3, 0.4) is 0 Å². The van der Waals surface area contributed by atoms with Crippen LogP contribution >= 0.6 is 22.7 Å². The number of hydrogen-bond donors (Lipinski definition) is 0. The van der Waals surface area contributed by atoms with Gasteiger partial charge in [0.1, 0.15) is 5.01 Å². The Morgan fingerprint density at radius 1 is 1.62 bits per heavy atom. The van der Waals surface area contributed by atoms with Gasteiger partial charge in [-0.05, 0) is 6.92 Å². The summed E-state index contributed by atoms with van der Waals surface area (Å²) >= 11 is 2.89.